The SMILES string of the molecule is O=C(Cl)c1nc([N+](=O)[O-])c(C(F)(F)F)cc1OC(F)(F)F. The number of halogens is 7. The molecule has 1 aromatic heterocycles. The highest BCUT2D eigenvalue weighted by Gasteiger charge is 2.44. The molecule has 0 aliphatic rings. The lowest BCUT2D eigenvalue weighted by Gasteiger charge is -2.12. The Labute approximate surface area is 115 Å². The molecule has 21 heavy (non-hydrogen) atoms. The van der Waals surface area contributed by atoms with Gasteiger partial charge in [0.25, 0.3) is 10.9 Å². The Morgan fingerprint density at radius 2 is 1.81 bits per heavy atom. The summed E-state index contributed by atoms with van der Waals surface area (Å²) in [6.07, 6.45) is -10.9. The molecule has 0 bridgehead atoms. The molecule has 1 rings (SSSR count). The summed E-state index contributed by atoms with van der Waals surface area (Å²) in [6.45, 7) is 0. The van der Waals surface area contributed by atoms with E-state index in [1.807, 2.05) is 0 Å². The van der Waals surface area contributed by atoms with Crippen LogP contribution in [0.2, 0.25) is 0 Å². The summed E-state index contributed by atoms with van der Waals surface area (Å²) in [5, 5.41) is 8.71. The van der Waals surface area contributed by atoms with Gasteiger partial charge in [0.15, 0.2) is 11.3 Å². The van der Waals surface area contributed by atoms with Crippen LogP contribution < -0.4 is 4.74 Å². The number of aromatic nitrogens is 1. The largest absolute Gasteiger partial charge is 0.573 e. The van der Waals surface area contributed by atoms with Crippen LogP contribution in [-0.4, -0.2) is 21.5 Å². The fourth-order valence-corrected chi connectivity index (χ4v) is 1.31. The van der Waals surface area contributed by atoms with Gasteiger partial charge in [0, 0.05) is 6.07 Å². The van der Waals surface area contributed by atoms with Gasteiger partial charge >= 0.3 is 18.4 Å². The first-order valence-electron chi connectivity index (χ1n) is 4.55. The minimum absolute atomic E-state index is 0.367. The molecule has 0 atom stereocenters. The molecule has 13 heteroatoms. The first-order chi connectivity index (χ1) is 9.33. The van der Waals surface area contributed by atoms with Crippen LogP contribution in [0.25, 0.3) is 0 Å². The van der Waals surface area contributed by atoms with Crippen LogP contribution in [0.4, 0.5) is 32.2 Å². The number of carbonyl (C=O) groups is 1. The van der Waals surface area contributed by atoms with Gasteiger partial charge < -0.3 is 14.9 Å². The van der Waals surface area contributed by atoms with Gasteiger partial charge in [-0.1, -0.05) is 0 Å². The minimum Gasteiger partial charge on any atom is -0.401 e. The van der Waals surface area contributed by atoms with E-state index in [0.717, 1.165) is 0 Å². The van der Waals surface area contributed by atoms with E-state index in [1.165, 1.54) is 0 Å². The van der Waals surface area contributed by atoms with E-state index >= 15 is 0 Å². The van der Waals surface area contributed by atoms with Gasteiger partial charge in [-0.15, -0.1) is 13.2 Å². The average Bonchev–Trinajstić information content (AvgIpc) is 2.24. The molecule has 0 aromatic carbocycles. The maximum absolute atomic E-state index is 12.6. The van der Waals surface area contributed by atoms with Crippen molar-refractivity contribution in [1.82, 2.24) is 4.98 Å². The third kappa shape index (κ3) is 4.18. The van der Waals surface area contributed by atoms with E-state index in [4.69, 9.17) is 11.6 Å². The number of hydrogen-bond acceptors (Lipinski definition) is 5. The van der Waals surface area contributed by atoms with Gasteiger partial charge in [0.05, 0.1) is 0 Å². The number of carbonyl (C=O) groups excluding carboxylic acids is 1. The van der Waals surface area contributed by atoms with Crippen LogP contribution >= 0.6 is 11.6 Å². The Morgan fingerprint density at radius 3 is 2.14 bits per heavy atom. The predicted octanol–water partition coefficient (Wildman–Crippen LogP) is 3.29. The lowest BCUT2D eigenvalue weighted by atomic mass is 10.2. The molecule has 0 saturated heterocycles. The van der Waals surface area contributed by atoms with Crippen LogP contribution in [-0.2, 0) is 6.18 Å². The van der Waals surface area contributed by atoms with Gasteiger partial charge in [0.1, 0.15) is 0 Å². The molecule has 0 N–H and O–H groups in total. The third-order valence-electron chi connectivity index (χ3n) is 1.86. The highest BCUT2D eigenvalue weighted by molar-refractivity contribution is 6.67. The second kappa shape index (κ2) is 5.35. The molecule has 1 aromatic rings. The maximum atomic E-state index is 12.6. The zero-order valence-electron chi connectivity index (χ0n) is 9.25. The zero-order valence-corrected chi connectivity index (χ0v) is 10.0. The molecule has 0 unspecified atom stereocenters. The van der Waals surface area contributed by atoms with E-state index < -0.39 is 45.5 Å². The molecule has 0 aliphatic heterocycles. The van der Waals surface area contributed by atoms with Gasteiger partial charge in [0.2, 0.25) is 0 Å². The van der Waals surface area contributed by atoms with Gasteiger partial charge in [-0.05, 0) is 21.5 Å². The quantitative estimate of drug-likeness (QED) is 0.365. The van der Waals surface area contributed by atoms with E-state index in [9.17, 15) is 41.3 Å². The van der Waals surface area contributed by atoms with Crippen LogP contribution in [0.3, 0.4) is 0 Å². The molecule has 0 spiro atoms. The van der Waals surface area contributed by atoms with Crippen molar-refractivity contribution in [2.45, 2.75) is 12.5 Å². The summed E-state index contributed by atoms with van der Waals surface area (Å²) >= 11 is 4.83. The molecule has 0 fully saturated rings. The van der Waals surface area contributed by atoms with Crippen molar-refractivity contribution >= 4 is 22.7 Å². The van der Waals surface area contributed by atoms with Crippen molar-refractivity contribution in [2.24, 2.45) is 0 Å². The van der Waals surface area contributed by atoms with E-state index in [-0.39, 0.29) is 6.07 Å². The Bertz CT molecular complexity index is 600. The Hall–Kier alpha value is -2.11. The van der Waals surface area contributed by atoms with Crippen LogP contribution in [0.1, 0.15) is 16.1 Å². The van der Waals surface area contributed by atoms with Gasteiger partial charge in [-0.3, -0.25) is 4.79 Å². The number of ether oxygens (including phenoxy) is 1. The van der Waals surface area contributed by atoms with Crippen molar-refractivity contribution in [3.63, 3.8) is 0 Å². The molecule has 0 radical (unpaired) electrons. The van der Waals surface area contributed by atoms with Crippen molar-refractivity contribution in [1.29, 1.82) is 0 Å². The number of nitro groups is 1. The molecule has 0 aliphatic carbocycles. The minimum atomic E-state index is -5.46. The maximum Gasteiger partial charge on any atom is 0.573 e. The summed E-state index contributed by atoms with van der Waals surface area (Å²) < 4.78 is 77.0. The van der Waals surface area contributed by atoms with Crippen molar-refractivity contribution in [3.8, 4) is 5.75 Å². The van der Waals surface area contributed by atoms with Crippen molar-refractivity contribution < 1.29 is 40.8 Å². The normalized spacial score (nSPS) is 12.1. The van der Waals surface area contributed by atoms with Crippen molar-refractivity contribution in [2.75, 3.05) is 0 Å². The highest BCUT2D eigenvalue weighted by Crippen LogP contribution is 2.39. The Kier molecular flexibility index (Phi) is 4.32. The van der Waals surface area contributed by atoms with Crippen molar-refractivity contribution in [3.05, 3.63) is 27.4 Å². The van der Waals surface area contributed by atoms with Crippen LogP contribution in [0.15, 0.2) is 6.07 Å². The number of hydrogen-bond donors (Lipinski definition) is 0. The Balaban J connectivity index is 3.63. The van der Waals surface area contributed by atoms with E-state index in [1.54, 1.807) is 0 Å². The first kappa shape index (κ1) is 16.9. The molecular formula is C8HClF6N2O4. The van der Waals surface area contributed by atoms with Crippen LogP contribution in [0.5, 0.6) is 5.75 Å². The smallest absolute Gasteiger partial charge is 0.401 e. The summed E-state index contributed by atoms with van der Waals surface area (Å²) in [6, 6.07) is -0.367. The second-order valence-electron chi connectivity index (χ2n) is 3.28. The standard InChI is InChI=1S/C8HClF6N2O4/c9-5(18)4-3(21-8(13,14)15)1-2(7(10,11)12)6(16-4)17(19)20/h1H. The number of pyridine rings is 1. The van der Waals surface area contributed by atoms with Crippen LogP contribution in [0, 0.1) is 10.1 Å². The third-order valence-corrected chi connectivity index (χ3v) is 2.04. The monoisotopic (exact) mass is 338 g/mol. The second-order valence-corrected chi connectivity index (χ2v) is 3.63. The fraction of sp³-hybridized carbons (Fsp3) is 0.250. The average molecular weight is 339 g/mol. The molecular weight excluding hydrogens is 338 g/mol. The predicted molar refractivity (Wildman–Crippen MR) is 52.8 cm³/mol. The Morgan fingerprint density at radius 1 is 1.29 bits per heavy atom. The first-order valence-corrected chi connectivity index (χ1v) is 4.93. The number of rotatable bonds is 3. The summed E-state index contributed by atoms with van der Waals surface area (Å²) in [5.74, 6) is -3.57. The fourth-order valence-electron chi connectivity index (χ4n) is 1.18. The lowest BCUT2D eigenvalue weighted by molar-refractivity contribution is -0.392. The summed E-state index contributed by atoms with van der Waals surface area (Å²) in [4.78, 5) is 22.3. The van der Waals surface area contributed by atoms with E-state index in [0.29, 0.717) is 0 Å². The number of nitrogens with zero attached hydrogens (tertiary/aromatic N) is 2. The summed E-state index contributed by atoms with van der Waals surface area (Å²) in [5.41, 5.74) is -3.58. The zero-order chi connectivity index (χ0) is 16.6. The van der Waals surface area contributed by atoms with Gasteiger partial charge in [-0.2, -0.15) is 13.2 Å². The number of alkyl halides is 6. The molecule has 6 nitrogen and oxygen atoms in total. The molecule has 0 amide bonds. The topological polar surface area (TPSA) is 82.3 Å². The summed E-state index contributed by atoms with van der Waals surface area (Å²) in [7, 11) is 0. The molecule has 0 saturated carbocycles. The van der Waals surface area contributed by atoms with Gasteiger partial charge in [-0.25, -0.2) is 0 Å². The van der Waals surface area contributed by atoms with E-state index in [2.05, 4.69) is 9.72 Å². The lowest BCUT2D eigenvalue weighted by Crippen LogP contribution is -2.21. The molecule has 116 valence electrons. The highest BCUT2D eigenvalue weighted by atomic mass is 35.5. The molecule has 1 heterocycles.